The second-order valence-electron chi connectivity index (χ2n) is 5.12. The molecular weight excluding hydrogens is 220 g/mol. The SMILES string of the molecule is NCC1(C(=O)N2CCOC(CO)C2)CCCC1. The van der Waals surface area contributed by atoms with Gasteiger partial charge in [-0.1, -0.05) is 12.8 Å². The molecule has 0 aromatic heterocycles. The normalized spacial score (nSPS) is 28.4. The molecule has 0 radical (unpaired) electrons. The summed E-state index contributed by atoms with van der Waals surface area (Å²) in [7, 11) is 0. The van der Waals surface area contributed by atoms with E-state index in [0.717, 1.165) is 25.7 Å². The van der Waals surface area contributed by atoms with Gasteiger partial charge in [0.2, 0.25) is 5.91 Å². The number of amides is 1. The first kappa shape index (κ1) is 12.8. The molecule has 98 valence electrons. The molecular formula is C12H22N2O3. The van der Waals surface area contributed by atoms with E-state index in [-0.39, 0.29) is 24.0 Å². The van der Waals surface area contributed by atoms with E-state index in [0.29, 0.717) is 26.2 Å². The molecule has 1 amide bonds. The molecule has 0 aromatic rings. The van der Waals surface area contributed by atoms with E-state index >= 15 is 0 Å². The van der Waals surface area contributed by atoms with Crippen LogP contribution in [-0.2, 0) is 9.53 Å². The average Bonchev–Trinajstić information content (AvgIpc) is 2.88. The van der Waals surface area contributed by atoms with Crippen molar-refractivity contribution >= 4 is 5.91 Å². The summed E-state index contributed by atoms with van der Waals surface area (Å²) in [5.41, 5.74) is 5.48. The van der Waals surface area contributed by atoms with Crippen LogP contribution in [0, 0.1) is 5.41 Å². The van der Waals surface area contributed by atoms with Crippen molar-refractivity contribution in [1.29, 1.82) is 0 Å². The topological polar surface area (TPSA) is 75.8 Å². The lowest BCUT2D eigenvalue weighted by Gasteiger charge is -2.38. The summed E-state index contributed by atoms with van der Waals surface area (Å²) in [5, 5.41) is 9.09. The number of rotatable bonds is 3. The summed E-state index contributed by atoms with van der Waals surface area (Å²) in [6.07, 6.45) is 3.77. The second-order valence-corrected chi connectivity index (χ2v) is 5.12. The van der Waals surface area contributed by atoms with E-state index in [9.17, 15) is 4.79 Å². The first-order valence-corrected chi connectivity index (χ1v) is 6.44. The van der Waals surface area contributed by atoms with Crippen LogP contribution in [0.3, 0.4) is 0 Å². The minimum Gasteiger partial charge on any atom is -0.394 e. The Morgan fingerprint density at radius 3 is 2.76 bits per heavy atom. The highest BCUT2D eigenvalue weighted by Crippen LogP contribution is 2.39. The summed E-state index contributed by atoms with van der Waals surface area (Å²) < 4.78 is 5.36. The first-order chi connectivity index (χ1) is 8.22. The third-order valence-electron chi connectivity index (χ3n) is 4.03. The van der Waals surface area contributed by atoms with Crippen molar-refractivity contribution < 1.29 is 14.6 Å². The highest BCUT2D eigenvalue weighted by Gasteiger charge is 2.43. The number of nitrogens with two attached hydrogens (primary N) is 1. The maximum absolute atomic E-state index is 12.5. The van der Waals surface area contributed by atoms with Crippen molar-refractivity contribution in [3.63, 3.8) is 0 Å². The van der Waals surface area contributed by atoms with Crippen molar-refractivity contribution in [3.05, 3.63) is 0 Å². The molecule has 1 unspecified atom stereocenters. The van der Waals surface area contributed by atoms with Gasteiger partial charge in [0.1, 0.15) is 0 Å². The van der Waals surface area contributed by atoms with Gasteiger partial charge in [0, 0.05) is 19.6 Å². The van der Waals surface area contributed by atoms with Gasteiger partial charge in [-0.05, 0) is 12.8 Å². The van der Waals surface area contributed by atoms with Crippen LogP contribution in [0.15, 0.2) is 0 Å². The van der Waals surface area contributed by atoms with Crippen LogP contribution in [0.4, 0.5) is 0 Å². The molecule has 1 saturated carbocycles. The molecule has 17 heavy (non-hydrogen) atoms. The number of carbonyl (C=O) groups excluding carboxylic acids is 1. The molecule has 2 fully saturated rings. The maximum atomic E-state index is 12.5. The highest BCUT2D eigenvalue weighted by atomic mass is 16.5. The van der Waals surface area contributed by atoms with E-state index in [4.69, 9.17) is 15.6 Å². The molecule has 1 atom stereocenters. The van der Waals surface area contributed by atoms with Gasteiger partial charge in [-0.25, -0.2) is 0 Å². The number of nitrogens with zero attached hydrogens (tertiary/aromatic N) is 1. The zero-order chi connectivity index (χ0) is 12.3. The van der Waals surface area contributed by atoms with Gasteiger partial charge in [0.25, 0.3) is 0 Å². The minimum atomic E-state index is -0.336. The van der Waals surface area contributed by atoms with Gasteiger partial charge in [0.05, 0.1) is 24.7 Å². The Hall–Kier alpha value is -0.650. The predicted molar refractivity (Wildman–Crippen MR) is 63.4 cm³/mol. The van der Waals surface area contributed by atoms with E-state index in [1.54, 1.807) is 0 Å². The van der Waals surface area contributed by atoms with Crippen molar-refractivity contribution in [2.45, 2.75) is 31.8 Å². The highest BCUT2D eigenvalue weighted by molar-refractivity contribution is 5.83. The van der Waals surface area contributed by atoms with E-state index in [1.165, 1.54) is 0 Å². The summed E-state index contributed by atoms with van der Waals surface area (Å²) in [4.78, 5) is 14.3. The first-order valence-electron chi connectivity index (χ1n) is 6.44. The number of hydrogen-bond donors (Lipinski definition) is 2. The Morgan fingerprint density at radius 1 is 1.47 bits per heavy atom. The van der Waals surface area contributed by atoms with Crippen LogP contribution >= 0.6 is 0 Å². The number of aliphatic hydroxyl groups is 1. The molecule has 1 aliphatic carbocycles. The number of aliphatic hydroxyl groups excluding tert-OH is 1. The summed E-state index contributed by atoms with van der Waals surface area (Å²) in [5.74, 6) is 0.166. The molecule has 1 aliphatic heterocycles. The predicted octanol–water partition coefficient (Wildman–Crippen LogP) is -0.275. The molecule has 0 aromatic carbocycles. The lowest BCUT2D eigenvalue weighted by atomic mass is 9.84. The van der Waals surface area contributed by atoms with Crippen LogP contribution in [0.5, 0.6) is 0 Å². The van der Waals surface area contributed by atoms with Crippen LogP contribution in [0.1, 0.15) is 25.7 Å². The lowest BCUT2D eigenvalue weighted by molar-refractivity contribution is -0.150. The van der Waals surface area contributed by atoms with E-state index in [2.05, 4.69) is 0 Å². The molecule has 5 nitrogen and oxygen atoms in total. The molecule has 1 saturated heterocycles. The summed E-state index contributed by atoms with van der Waals surface area (Å²) in [6, 6.07) is 0. The summed E-state index contributed by atoms with van der Waals surface area (Å²) >= 11 is 0. The maximum Gasteiger partial charge on any atom is 0.230 e. The number of morpholine rings is 1. The van der Waals surface area contributed by atoms with Crippen molar-refractivity contribution in [1.82, 2.24) is 4.90 Å². The Morgan fingerprint density at radius 2 is 2.18 bits per heavy atom. The van der Waals surface area contributed by atoms with Crippen molar-refractivity contribution in [2.24, 2.45) is 11.1 Å². The van der Waals surface area contributed by atoms with E-state index in [1.807, 2.05) is 4.90 Å². The molecule has 5 heteroatoms. The second kappa shape index (κ2) is 5.33. The fourth-order valence-corrected chi connectivity index (χ4v) is 2.91. The fourth-order valence-electron chi connectivity index (χ4n) is 2.91. The quantitative estimate of drug-likeness (QED) is 0.714. The molecule has 1 heterocycles. The number of hydrogen-bond acceptors (Lipinski definition) is 4. The third kappa shape index (κ3) is 2.46. The van der Waals surface area contributed by atoms with E-state index < -0.39 is 0 Å². The Labute approximate surface area is 102 Å². The minimum absolute atomic E-state index is 0.0284. The zero-order valence-electron chi connectivity index (χ0n) is 10.2. The van der Waals surface area contributed by atoms with Crippen LogP contribution in [0.25, 0.3) is 0 Å². The van der Waals surface area contributed by atoms with Gasteiger partial charge in [0.15, 0.2) is 0 Å². The van der Waals surface area contributed by atoms with Crippen LogP contribution < -0.4 is 5.73 Å². The van der Waals surface area contributed by atoms with Crippen LogP contribution in [0.2, 0.25) is 0 Å². The molecule has 3 N–H and O–H groups in total. The zero-order valence-corrected chi connectivity index (χ0v) is 10.2. The van der Waals surface area contributed by atoms with Gasteiger partial charge < -0.3 is 20.5 Å². The Kier molecular flexibility index (Phi) is 4.01. The molecule has 2 rings (SSSR count). The third-order valence-corrected chi connectivity index (χ3v) is 4.03. The number of ether oxygens (including phenoxy) is 1. The molecule has 0 spiro atoms. The molecule has 2 aliphatic rings. The van der Waals surface area contributed by atoms with Gasteiger partial charge in [-0.3, -0.25) is 4.79 Å². The fraction of sp³-hybridized carbons (Fsp3) is 0.917. The van der Waals surface area contributed by atoms with Gasteiger partial charge >= 0.3 is 0 Å². The standard InChI is InChI=1S/C12H22N2O3/c13-9-12(3-1-2-4-12)11(16)14-5-6-17-10(7-14)8-15/h10,15H,1-9,13H2. The van der Waals surface area contributed by atoms with Crippen molar-refractivity contribution in [2.75, 3.05) is 32.8 Å². The summed E-state index contributed by atoms with van der Waals surface area (Å²) in [6.45, 7) is 2.04. The largest absolute Gasteiger partial charge is 0.394 e. The average molecular weight is 242 g/mol. The van der Waals surface area contributed by atoms with Gasteiger partial charge in [-0.2, -0.15) is 0 Å². The number of carbonyl (C=O) groups is 1. The Balaban J connectivity index is 2.03. The Bertz CT molecular complexity index is 277. The monoisotopic (exact) mass is 242 g/mol. The van der Waals surface area contributed by atoms with Crippen molar-refractivity contribution in [3.8, 4) is 0 Å². The van der Waals surface area contributed by atoms with Crippen LogP contribution in [-0.4, -0.2) is 54.9 Å². The lowest BCUT2D eigenvalue weighted by Crippen LogP contribution is -2.53. The smallest absolute Gasteiger partial charge is 0.230 e. The molecule has 0 bridgehead atoms. The van der Waals surface area contributed by atoms with Gasteiger partial charge in [-0.15, -0.1) is 0 Å².